The highest BCUT2D eigenvalue weighted by Crippen LogP contribution is 2.49. The van der Waals surface area contributed by atoms with Gasteiger partial charge >= 0.3 is 19.1 Å². The maximum absolute atomic E-state index is 12.1. The van der Waals surface area contributed by atoms with Crippen LogP contribution in [0.4, 0.5) is 39.5 Å². The molecule has 0 bridgehead atoms. The largest absolute Gasteiger partial charge is 0.573 e. The molecule has 0 aromatic heterocycles. The molecule has 4 nitrogen and oxygen atoms in total. The molecule has 0 fully saturated rings. The minimum Gasteiger partial charge on any atom is -0.504 e. The minimum atomic E-state index is -5.68. The number of halogens is 9. The van der Waals surface area contributed by atoms with Crippen molar-refractivity contribution >= 4 is 0 Å². The van der Waals surface area contributed by atoms with Gasteiger partial charge in [-0.25, -0.2) is 0 Å². The van der Waals surface area contributed by atoms with Crippen LogP contribution in [0.1, 0.15) is 0 Å². The van der Waals surface area contributed by atoms with Crippen molar-refractivity contribution in [3.8, 4) is 23.0 Å². The first-order valence-corrected chi connectivity index (χ1v) is 4.81. The van der Waals surface area contributed by atoms with Crippen LogP contribution in [0, 0.1) is 0 Å². The van der Waals surface area contributed by atoms with Crippen molar-refractivity contribution in [2.24, 2.45) is 0 Å². The molecule has 1 rings (SSSR count). The monoisotopic (exact) mass is 346 g/mol. The second-order valence-electron chi connectivity index (χ2n) is 3.38. The fraction of sp³-hybridized carbons (Fsp3) is 0.333. The maximum atomic E-state index is 12.1. The zero-order chi connectivity index (χ0) is 17.3. The van der Waals surface area contributed by atoms with Crippen molar-refractivity contribution in [1.29, 1.82) is 0 Å². The number of aromatic hydroxyl groups is 1. The van der Waals surface area contributed by atoms with Gasteiger partial charge in [-0.1, -0.05) is 0 Å². The van der Waals surface area contributed by atoms with Gasteiger partial charge in [-0.05, 0) is 12.1 Å². The number of hydrogen-bond acceptors (Lipinski definition) is 4. The van der Waals surface area contributed by atoms with Gasteiger partial charge in [-0.15, -0.1) is 39.5 Å². The van der Waals surface area contributed by atoms with E-state index in [1.807, 2.05) is 0 Å². The van der Waals surface area contributed by atoms with E-state index < -0.39 is 42.1 Å². The van der Waals surface area contributed by atoms with Crippen LogP contribution in [0.5, 0.6) is 23.0 Å². The van der Waals surface area contributed by atoms with E-state index in [4.69, 9.17) is 5.11 Å². The maximum Gasteiger partial charge on any atom is 0.573 e. The minimum absolute atomic E-state index is 0.118. The van der Waals surface area contributed by atoms with Crippen molar-refractivity contribution in [2.75, 3.05) is 0 Å². The predicted molar refractivity (Wildman–Crippen MR) is 48.2 cm³/mol. The van der Waals surface area contributed by atoms with E-state index in [0.717, 1.165) is 0 Å². The molecule has 1 N–H and O–H groups in total. The number of ether oxygens (including phenoxy) is 3. The summed E-state index contributed by atoms with van der Waals surface area (Å²) in [4.78, 5) is 0. The lowest BCUT2D eigenvalue weighted by Crippen LogP contribution is -2.23. The number of alkyl halides is 9. The van der Waals surface area contributed by atoms with Crippen LogP contribution in [-0.2, 0) is 0 Å². The summed E-state index contributed by atoms with van der Waals surface area (Å²) in [7, 11) is 0. The second-order valence-corrected chi connectivity index (χ2v) is 3.38. The Morgan fingerprint density at radius 1 is 0.636 bits per heavy atom. The van der Waals surface area contributed by atoms with Crippen molar-refractivity contribution in [2.45, 2.75) is 19.1 Å². The zero-order valence-electron chi connectivity index (χ0n) is 9.73. The highest BCUT2D eigenvalue weighted by Gasteiger charge is 2.41. The molecule has 0 spiro atoms. The summed E-state index contributed by atoms with van der Waals surface area (Å²) >= 11 is 0. The van der Waals surface area contributed by atoms with E-state index in [-0.39, 0.29) is 12.1 Å². The van der Waals surface area contributed by atoms with Crippen LogP contribution in [0.25, 0.3) is 0 Å². The molecule has 1 aromatic carbocycles. The highest BCUT2D eigenvalue weighted by molar-refractivity contribution is 5.58. The predicted octanol–water partition coefficient (Wildman–Crippen LogP) is 4.09. The number of phenolic OH excluding ortho intramolecular Hbond substituents is 1. The molecule has 22 heavy (non-hydrogen) atoms. The Balaban J connectivity index is 3.42. The number of benzene rings is 1. The van der Waals surface area contributed by atoms with E-state index in [1.54, 1.807) is 0 Å². The molecule has 0 aliphatic rings. The Bertz CT molecular complexity index is 532. The smallest absolute Gasteiger partial charge is 0.504 e. The van der Waals surface area contributed by atoms with E-state index in [9.17, 15) is 39.5 Å². The summed E-state index contributed by atoms with van der Waals surface area (Å²) in [6.45, 7) is 0. The molecule has 0 amide bonds. The van der Waals surface area contributed by atoms with Gasteiger partial charge < -0.3 is 19.3 Å². The molecular weight excluding hydrogens is 343 g/mol. The van der Waals surface area contributed by atoms with Crippen molar-refractivity contribution in [3.05, 3.63) is 12.1 Å². The summed E-state index contributed by atoms with van der Waals surface area (Å²) in [5.74, 6) is -7.51. The Morgan fingerprint density at radius 2 is 1.05 bits per heavy atom. The summed E-state index contributed by atoms with van der Waals surface area (Å²) < 4.78 is 118. The Hall–Kier alpha value is -2.21. The molecule has 0 radical (unpaired) electrons. The molecule has 0 atom stereocenters. The summed E-state index contributed by atoms with van der Waals surface area (Å²) in [5.41, 5.74) is 0. The first-order chi connectivity index (χ1) is 9.68. The van der Waals surface area contributed by atoms with Crippen LogP contribution in [0.2, 0.25) is 0 Å². The highest BCUT2D eigenvalue weighted by atomic mass is 19.4. The standard InChI is InChI=1S/C9H3F9O4/c10-7(11,12)20-4-2-1-3(19)5(21-8(13,14)15)6(4)22-9(16,17)18/h1-2,19H. The third-order valence-electron chi connectivity index (χ3n) is 1.72. The first kappa shape index (κ1) is 17.8. The van der Waals surface area contributed by atoms with E-state index >= 15 is 0 Å². The molecule has 126 valence electrons. The molecule has 0 aliphatic heterocycles. The lowest BCUT2D eigenvalue weighted by Gasteiger charge is -2.19. The van der Waals surface area contributed by atoms with Crippen molar-refractivity contribution in [1.82, 2.24) is 0 Å². The molecule has 1 aromatic rings. The molecule has 0 heterocycles. The zero-order valence-corrected chi connectivity index (χ0v) is 9.73. The summed E-state index contributed by atoms with van der Waals surface area (Å²) in [5, 5.41) is 9.07. The molecule has 0 aliphatic carbocycles. The van der Waals surface area contributed by atoms with Gasteiger partial charge in [0.25, 0.3) is 0 Å². The van der Waals surface area contributed by atoms with E-state index in [2.05, 4.69) is 14.2 Å². The number of rotatable bonds is 3. The van der Waals surface area contributed by atoms with Crippen LogP contribution >= 0.6 is 0 Å². The fourth-order valence-electron chi connectivity index (χ4n) is 1.17. The fourth-order valence-corrected chi connectivity index (χ4v) is 1.17. The quantitative estimate of drug-likeness (QED) is 0.838. The van der Waals surface area contributed by atoms with Crippen LogP contribution in [0.15, 0.2) is 12.1 Å². The van der Waals surface area contributed by atoms with Gasteiger partial charge in [-0.2, -0.15) is 0 Å². The molecular formula is C9H3F9O4. The normalized spacial score (nSPS) is 13.0. The van der Waals surface area contributed by atoms with Gasteiger partial charge in [-0.3, -0.25) is 0 Å². The lowest BCUT2D eigenvalue weighted by atomic mass is 10.2. The third-order valence-corrected chi connectivity index (χ3v) is 1.72. The van der Waals surface area contributed by atoms with Gasteiger partial charge in [0.15, 0.2) is 11.5 Å². The van der Waals surface area contributed by atoms with Crippen LogP contribution in [-0.4, -0.2) is 24.2 Å². The second kappa shape index (κ2) is 5.53. The topological polar surface area (TPSA) is 47.9 Å². The Kier molecular flexibility index (Phi) is 4.49. The molecule has 13 heteroatoms. The number of phenols is 1. The molecule has 0 saturated heterocycles. The average molecular weight is 346 g/mol. The van der Waals surface area contributed by atoms with Gasteiger partial charge in [0, 0.05) is 0 Å². The number of hydrogen-bond donors (Lipinski definition) is 1. The van der Waals surface area contributed by atoms with Crippen molar-refractivity contribution in [3.63, 3.8) is 0 Å². The average Bonchev–Trinajstić information content (AvgIpc) is 2.22. The first-order valence-electron chi connectivity index (χ1n) is 4.81. The molecule has 0 unspecified atom stereocenters. The van der Waals surface area contributed by atoms with Gasteiger partial charge in [0.1, 0.15) is 0 Å². The van der Waals surface area contributed by atoms with Crippen molar-refractivity contribution < 1.29 is 58.8 Å². The summed E-state index contributed by atoms with van der Waals surface area (Å²) in [6.07, 6.45) is -16.8. The summed E-state index contributed by atoms with van der Waals surface area (Å²) in [6, 6.07) is 0.318. The Morgan fingerprint density at radius 3 is 1.45 bits per heavy atom. The molecule has 0 saturated carbocycles. The lowest BCUT2D eigenvalue weighted by molar-refractivity contribution is -0.293. The van der Waals surface area contributed by atoms with E-state index in [1.165, 1.54) is 0 Å². The van der Waals surface area contributed by atoms with Gasteiger partial charge in [0.05, 0.1) is 0 Å². The van der Waals surface area contributed by atoms with E-state index in [0.29, 0.717) is 0 Å². The Labute approximate surface area is 114 Å². The van der Waals surface area contributed by atoms with Crippen LogP contribution in [0.3, 0.4) is 0 Å². The SMILES string of the molecule is Oc1ccc(OC(F)(F)F)c(OC(F)(F)F)c1OC(F)(F)F. The van der Waals surface area contributed by atoms with Crippen LogP contribution < -0.4 is 14.2 Å². The van der Waals surface area contributed by atoms with Gasteiger partial charge in [0.2, 0.25) is 11.5 Å². The third kappa shape index (κ3) is 5.65.